The van der Waals surface area contributed by atoms with Gasteiger partial charge in [0.25, 0.3) is 5.91 Å². The maximum absolute atomic E-state index is 14.3. The summed E-state index contributed by atoms with van der Waals surface area (Å²) >= 11 is 5.72. The fraction of sp³-hybridized carbons (Fsp3) is 0.222. The molecule has 5 nitrogen and oxygen atoms in total. The molecule has 0 heterocycles. The van der Waals surface area contributed by atoms with E-state index in [-0.39, 0.29) is 5.02 Å². The summed E-state index contributed by atoms with van der Waals surface area (Å²) in [6.45, 7) is 0. The molecule has 1 aliphatic carbocycles. The topological polar surface area (TPSA) is 70.2 Å². The van der Waals surface area contributed by atoms with Crippen LogP contribution in [0.1, 0.15) is 33.9 Å². The lowest BCUT2D eigenvalue weighted by molar-refractivity contribution is 0.102. The van der Waals surface area contributed by atoms with Crippen molar-refractivity contribution in [1.82, 2.24) is 10.6 Å². The molecule has 0 saturated heterocycles. The van der Waals surface area contributed by atoms with E-state index in [1.165, 1.54) is 31.3 Å². The van der Waals surface area contributed by atoms with E-state index in [0.29, 0.717) is 35.2 Å². The van der Waals surface area contributed by atoms with Crippen molar-refractivity contribution in [2.75, 3.05) is 12.4 Å². The predicted octanol–water partition coefficient (Wildman–Crippen LogP) is 3.79. The van der Waals surface area contributed by atoms with Crippen molar-refractivity contribution in [3.05, 3.63) is 63.7 Å². The zero-order valence-electron chi connectivity index (χ0n) is 13.8. The Labute approximate surface area is 153 Å². The molecule has 3 rings (SSSR count). The van der Waals surface area contributed by atoms with E-state index in [0.717, 1.165) is 6.07 Å². The van der Waals surface area contributed by atoms with Crippen LogP contribution < -0.4 is 16.0 Å². The van der Waals surface area contributed by atoms with Gasteiger partial charge in [-0.25, -0.2) is 13.6 Å². The van der Waals surface area contributed by atoms with Crippen LogP contribution in [0, 0.1) is 11.6 Å². The lowest BCUT2D eigenvalue weighted by Crippen LogP contribution is -2.35. The maximum atomic E-state index is 14.3. The smallest absolute Gasteiger partial charge is 0.315 e. The molecule has 136 valence electrons. The summed E-state index contributed by atoms with van der Waals surface area (Å²) < 4.78 is 27.5. The summed E-state index contributed by atoms with van der Waals surface area (Å²) in [7, 11) is 1.47. The molecular formula is C18H16ClF2N3O2. The first-order valence-electron chi connectivity index (χ1n) is 7.96. The number of urea groups is 1. The highest BCUT2D eigenvalue weighted by atomic mass is 35.5. The number of benzene rings is 2. The lowest BCUT2D eigenvalue weighted by Gasteiger charge is -2.15. The van der Waals surface area contributed by atoms with E-state index in [1.54, 1.807) is 0 Å². The van der Waals surface area contributed by atoms with E-state index in [1.807, 2.05) is 0 Å². The minimum atomic E-state index is -0.588. The van der Waals surface area contributed by atoms with Gasteiger partial charge in [0.1, 0.15) is 11.6 Å². The van der Waals surface area contributed by atoms with E-state index >= 15 is 0 Å². The number of rotatable bonds is 3. The minimum absolute atomic E-state index is 0.109. The quantitative estimate of drug-likeness (QED) is 0.759. The Hall–Kier alpha value is -2.67. The average molecular weight is 380 g/mol. The van der Waals surface area contributed by atoms with Gasteiger partial charge in [0.15, 0.2) is 0 Å². The first-order valence-corrected chi connectivity index (χ1v) is 8.34. The lowest BCUT2D eigenvalue weighted by atomic mass is 10.0. The largest absolute Gasteiger partial charge is 0.341 e. The number of carbonyl (C=O) groups excluding carboxylic acids is 2. The van der Waals surface area contributed by atoms with Gasteiger partial charge in [-0.1, -0.05) is 11.6 Å². The molecule has 0 radical (unpaired) electrons. The Kier molecular flexibility index (Phi) is 5.08. The second kappa shape index (κ2) is 7.29. The van der Waals surface area contributed by atoms with Gasteiger partial charge in [-0.3, -0.25) is 4.79 Å². The van der Waals surface area contributed by atoms with Crippen LogP contribution in [0.5, 0.6) is 0 Å². The minimum Gasteiger partial charge on any atom is -0.341 e. The Morgan fingerprint density at radius 2 is 1.88 bits per heavy atom. The molecule has 2 aromatic rings. The molecule has 0 bridgehead atoms. The molecule has 0 aromatic heterocycles. The molecule has 2 aromatic carbocycles. The zero-order valence-corrected chi connectivity index (χ0v) is 14.6. The number of hydrogen-bond donors (Lipinski definition) is 3. The fourth-order valence-corrected chi connectivity index (χ4v) is 3.26. The first-order chi connectivity index (χ1) is 12.4. The zero-order chi connectivity index (χ0) is 18.8. The van der Waals surface area contributed by atoms with Crippen molar-refractivity contribution >= 4 is 29.2 Å². The second-order valence-corrected chi connectivity index (χ2v) is 6.29. The Morgan fingerprint density at radius 1 is 1.15 bits per heavy atom. The van der Waals surface area contributed by atoms with Crippen LogP contribution in [0.2, 0.25) is 5.02 Å². The van der Waals surface area contributed by atoms with Crippen LogP contribution in [0.4, 0.5) is 19.3 Å². The van der Waals surface area contributed by atoms with Gasteiger partial charge in [0.05, 0.1) is 11.1 Å². The van der Waals surface area contributed by atoms with Crippen LogP contribution >= 0.6 is 11.6 Å². The monoisotopic (exact) mass is 379 g/mol. The van der Waals surface area contributed by atoms with Gasteiger partial charge < -0.3 is 16.0 Å². The van der Waals surface area contributed by atoms with Crippen molar-refractivity contribution in [2.45, 2.75) is 18.9 Å². The summed E-state index contributed by atoms with van der Waals surface area (Å²) in [4.78, 5) is 24.1. The highest BCUT2D eigenvalue weighted by molar-refractivity contribution is 6.31. The van der Waals surface area contributed by atoms with Crippen LogP contribution in [-0.4, -0.2) is 19.0 Å². The third-order valence-electron chi connectivity index (χ3n) is 4.29. The number of carbonyl (C=O) groups is 2. The highest BCUT2D eigenvalue weighted by Crippen LogP contribution is 2.35. The van der Waals surface area contributed by atoms with Crippen molar-refractivity contribution in [3.63, 3.8) is 0 Å². The summed E-state index contributed by atoms with van der Waals surface area (Å²) in [5, 5.41) is 7.62. The maximum Gasteiger partial charge on any atom is 0.315 e. The third-order valence-corrected chi connectivity index (χ3v) is 4.58. The molecule has 1 aliphatic rings. The van der Waals surface area contributed by atoms with Crippen molar-refractivity contribution < 1.29 is 18.4 Å². The number of fused-ring (bicyclic) bond motifs is 1. The number of anilines is 1. The molecular weight excluding hydrogens is 364 g/mol. The first kappa shape index (κ1) is 18.1. The molecule has 1 unspecified atom stereocenters. The molecule has 8 heteroatoms. The highest BCUT2D eigenvalue weighted by Gasteiger charge is 2.30. The molecule has 3 N–H and O–H groups in total. The Morgan fingerprint density at radius 3 is 2.58 bits per heavy atom. The van der Waals surface area contributed by atoms with Gasteiger partial charge >= 0.3 is 6.03 Å². The van der Waals surface area contributed by atoms with Gasteiger partial charge in [-0.2, -0.15) is 0 Å². The number of amides is 3. The standard InChI is InChI=1S/C18H16ClF2N3O2/c1-22-18(26)24-15-7-4-10-11(3-6-14(21)16(10)15)17(25)23-9-2-5-13(20)12(19)8-9/h2-3,5-6,8,15H,4,7H2,1H3,(H,23,25)(H2,22,24,26). The average Bonchev–Trinajstić information content (AvgIpc) is 3.02. The van der Waals surface area contributed by atoms with Crippen molar-refractivity contribution in [1.29, 1.82) is 0 Å². The normalized spacial score (nSPS) is 15.3. The molecule has 0 spiro atoms. The van der Waals surface area contributed by atoms with E-state index in [2.05, 4.69) is 16.0 Å². The molecule has 3 amide bonds. The van der Waals surface area contributed by atoms with Crippen LogP contribution in [0.25, 0.3) is 0 Å². The molecule has 1 atom stereocenters. The van der Waals surface area contributed by atoms with E-state index in [9.17, 15) is 18.4 Å². The van der Waals surface area contributed by atoms with Crippen LogP contribution in [0.3, 0.4) is 0 Å². The van der Waals surface area contributed by atoms with Gasteiger partial charge in [0.2, 0.25) is 0 Å². The summed E-state index contributed by atoms with van der Waals surface area (Å²) in [5.41, 5.74) is 1.51. The van der Waals surface area contributed by atoms with Crippen molar-refractivity contribution in [2.24, 2.45) is 0 Å². The molecule has 26 heavy (non-hydrogen) atoms. The summed E-state index contributed by atoms with van der Waals surface area (Å²) in [6, 6.07) is 5.52. The Bertz CT molecular complexity index is 889. The van der Waals surface area contributed by atoms with Gasteiger partial charge in [0, 0.05) is 23.9 Å². The van der Waals surface area contributed by atoms with Crippen LogP contribution in [-0.2, 0) is 6.42 Å². The summed E-state index contributed by atoms with van der Waals surface area (Å²) in [5.74, 6) is -1.51. The molecule has 0 fully saturated rings. The summed E-state index contributed by atoms with van der Waals surface area (Å²) in [6.07, 6.45) is 0.945. The second-order valence-electron chi connectivity index (χ2n) is 5.88. The third kappa shape index (κ3) is 3.48. The Balaban J connectivity index is 1.88. The van der Waals surface area contributed by atoms with E-state index < -0.39 is 29.6 Å². The molecule has 0 saturated carbocycles. The van der Waals surface area contributed by atoms with Gasteiger partial charge in [-0.15, -0.1) is 0 Å². The number of halogens is 3. The fourth-order valence-electron chi connectivity index (χ4n) is 3.08. The predicted molar refractivity (Wildman–Crippen MR) is 94.4 cm³/mol. The van der Waals surface area contributed by atoms with Crippen LogP contribution in [0.15, 0.2) is 30.3 Å². The number of hydrogen-bond acceptors (Lipinski definition) is 2. The van der Waals surface area contributed by atoms with Crippen molar-refractivity contribution in [3.8, 4) is 0 Å². The number of nitrogens with one attached hydrogen (secondary N) is 3. The van der Waals surface area contributed by atoms with E-state index in [4.69, 9.17) is 11.6 Å². The molecule has 0 aliphatic heterocycles. The SMILES string of the molecule is CNC(=O)NC1CCc2c(C(=O)Nc3ccc(F)c(Cl)c3)ccc(F)c21. The van der Waals surface area contributed by atoms with Gasteiger partial charge in [-0.05, 0) is 48.7 Å².